The van der Waals surface area contributed by atoms with Crippen molar-refractivity contribution in [3.8, 4) is 0 Å². The summed E-state index contributed by atoms with van der Waals surface area (Å²) < 4.78 is 41.0. The number of hydrogen-bond acceptors (Lipinski definition) is 3. The lowest BCUT2D eigenvalue weighted by Gasteiger charge is -2.31. The fourth-order valence-corrected chi connectivity index (χ4v) is 5.13. The van der Waals surface area contributed by atoms with Gasteiger partial charge < -0.3 is 0 Å². The van der Waals surface area contributed by atoms with Crippen molar-refractivity contribution in [2.75, 3.05) is 0 Å². The van der Waals surface area contributed by atoms with Gasteiger partial charge in [-0.15, -0.1) is 0 Å². The molecule has 1 aliphatic carbocycles. The summed E-state index contributed by atoms with van der Waals surface area (Å²) in [6, 6.07) is 15.0. The number of nitrogens with zero attached hydrogens (tertiary/aromatic N) is 1. The first-order valence-electron chi connectivity index (χ1n) is 11.7. The third-order valence-electron chi connectivity index (χ3n) is 6.74. The number of hydrogen-bond donors (Lipinski definition) is 1. The zero-order valence-corrected chi connectivity index (χ0v) is 19.4. The molecule has 0 amide bonds. The summed E-state index contributed by atoms with van der Waals surface area (Å²) in [5.41, 5.74) is 0.185. The van der Waals surface area contributed by atoms with Crippen LogP contribution in [-0.2, 0) is 23.9 Å². The fourth-order valence-electron chi connectivity index (χ4n) is 5.13. The molecule has 0 aliphatic heterocycles. The number of aromatic amines is 1. The van der Waals surface area contributed by atoms with Gasteiger partial charge in [-0.05, 0) is 61.6 Å². The van der Waals surface area contributed by atoms with E-state index in [1.54, 1.807) is 0 Å². The second-order valence-corrected chi connectivity index (χ2v) is 9.25. The number of rotatable bonds is 6. The number of Topliss-reactive ketones (excluding diaryl/α,β-unsaturated/α-hetero) is 1. The van der Waals surface area contributed by atoms with Crippen LogP contribution in [0.15, 0.2) is 64.2 Å². The molecule has 0 bridgehead atoms. The van der Waals surface area contributed by atoms with Crippen molar-refractivity contribution < 1.29 is 18.0 Å². The second kappa shape index (κ2) is 10.1. The van der Waals surface area contributed by atoms with Crippen molar-refractivity contribution >= 4 is 5.78 Å². The van der Waals surface area contributed by atoms with E-state index in [2.05, 4.69) is 17.1 Å². The Bertz CT molecular complexity index is 1320. The Morgan fingerprint density at radius 2 is 1.63 bits per heavy atom. The molecule has 3 aromatic rings. The molecule has 0 unspecified atom stereocenters. The van der Waals surface area contributed by atoms with E-state index in [0.29, 0.717) is 30.0 Å². The predicted molar refractivity (Wildman–Crippen MR) is 127 cm³/mol. The van der Waals surface area contributed by atoms with Crippen molar-refractivity contribution in [1.82, 2.24) is 9.55 Å². The number of H-pyrrole nitrogens is 1. The van der Waals surface area contributed by atoms with Gasteiger partial charge in [-0.25, -0.2) is 4.79 Å². The average Bonchev–Trinajstić information content (AvgIpc) is 2.82. The highest BCUT2D eigenvalue weighted by molar-refractivity contribution is 5.75. The first kappa shape index (κ1) is 24.7. The molecule has 1 fully saturated rings. The minimum absolute atomic E-state index is 0.0641. The highest BCUT2D eigenvalue weighted by Crippen LogP contribution is 2.41. The van der Waals surface area contributed by atoms with Crippen LogP contribution in [0.4, 0.5) is 13.2 Å². The normalized spacial score (nSPS) is 18.4. The molecule has 0 saturated heterocycles. The van der Waals surface area contributed by atoms with Crippen LogP contribution in [0, 0.1) is 0 Å². The number of benzene rings is 2. The van der Waals surface area contributed by atoms with Crippen molar-refractivity contribution in [1.29, 1.82) is 0 Å². The van der Waals surface area contributed by atoms with Gasteiger partial charge in [0.15, 0.2) is 0 Å². The Balaban J connectivity index is 1.73. The van der Waals surface area contributed by atoms with Crippen molar-refractivity contribution in [3.63, 3.8) is 0 Å². The smallest absolute Gasteiger partial charge is 0.298 e. The highest BCUT2D eigenvalue weighted by Gasteiger charge is 2.32. The van der Waals surface area contributed by atoms with Crippen LogP contribution >= 0.6 is 0 Å². The summed E-state index contributed by atoms with van der Waals surface area (Å²) in [4.78, 5) is 39.9. The van der Waals surface area contributed by atoms with Crippen LogP contribution in [0.2, 0.25) is 0 Å². The van der Waals surface area contributed by atoms with Gasteiger partial charge in [0.2, 0.25) is 0 Å². The van der Waals surface area contributed by atoms with Crippen LogP contribution < -0.4 is 11.2 Å². The maximum atomic E-state index is 13.2. The van der Waals surface area contributed by atoms with E-state index in [1.165, 1.54) is 29.2 Å². The summed E-state index contributed by atoms with van der Waals surface area (Å²) >= 11 is 0. The molecular formula is C27H27F3N2O3. The standard InChI is InChI=1S/C27H27F3N2O3/c1-17(33)16-32-24(21-12-10-20(11-13-21)19-7-3-2-4-8-19)23(25(34)31-26(32)35)15-18-6-5-9-22(14-18)27(28,29)30/h2-9,14,20-21H,10-13,15-16H2,1H3,(H,31,34,35). The maximum absolute atomic E-state index is 13.2. The molecule has 1 aromatic heterocycles. The molecule has 5 nitrogen and oxygen atoms in total. The largest absolute Gasteiger partial charge is 0.416 e. The lowest BCUT2D eigenvalue weighted by Crippen LogP contribution is -2.38. The monoisotopic (exact) mass is 484 g/mol. The molecule has 4 rings (SSSR count). The number of alkyl halides is 3. The molecule has 1 heterocycles. The van der Waals surface area contributed by atoms with Crippen molar-refractivity contribution in [2.45, 2.75) is 63.6 Å². The Kier molecular flexibility index (Phi) is 7.10. The zero-order valence-electron chi connectivity index (χ0n) is 19.4. The Morgan fingerprint density at radius 1 is 0.971 bits per heavy atom. The summed E-state index contributed by atoms with van der Waals surface area (Å²) in [5, 5.41) is 0. The maximum Gasteiger partial charge on any atom is 0.416 e. The molecule has 8 heteroatoms. The van der Waals surface area contributed by atoms with E-state index in [9.17, 15) is 27.6 Å². The first-order chi connectivity index (χ1) is 16.6. The summed E-state index contributed by atoms with van der Waals surface area (Å²) in [6.45, 7) is 1.17. The third-order valence-corrected chi connectivity index (χ3v) is 6.74. The number of ketones is 1. The predicted octanol–water partition coefficient (Wildman–Crippen LogP) is 5.18. The van der Waals surface area contributed by atoms with Crippen molar-refractivity contribution in [3.05, 3.63) is 103 Å². The molecule has 0 spiro atoms. The summed E-state index contributed by atoms with van der Waals surface area (Å²) in [6.07, 6.45) is -1.47. The van der Waals surface area contributed by atoms with Crippen LogP contribution in [0.25, 0.3) is 0 Å². The van der Waals surface area contributed by atoms with E-state index in [-0.39, 0.29) is 30.2 Å². The minimum Gasteiger partial charge on any atom is -0.298 e. The van der Waals surface area contributed by atoms with Gasteiger partial charge in [0.05, 0.1) is 12.1 Å². The molecular weight excluding hydrogens is 457 g/mol. The number of carbonyl (C=O) groups excluding carboxylic acids is 1. The topological polar surface area (TPSA) is 71.9 Å². The number of aromatic nitrogens is 2. The quantitative estimate of drug-likeness (QED) is 0.524. The van der Waals surface area contributed by atoms with E-state index < -0.39 is 23.0 Å². The average molecular weight is 485 g/mol. The van der Waals surface area contributed by atoms with Crippen LogP contribution in [0.3, 0.4) is 0 Å². The molecule has 0 radical (unpaired) electrons. The van der Waals surface area contributed by atoms with Gasteiger partial charge in [-0.1, -0.05) is 48.5 Å². The Hall–Kier alpha value is -3.42. The van der Waals surface area contributed by atoms with E-state index >= 15 is 0 Å². The van der Waals surface area contributed by atoms with E-state index in [0.717, 1.165) is 25.0 Å². The highest BCUT2D eigenvalue weighted by atomic mass is 19.4. The SMILES string of the molecule is CC(=O)Cn1c(C2CCC(c3ccccc3)CC2)c(Cc2cccc(C(F)(F)F)c2)c(=O)[nH]c1=O. The fraction of sp³-hybridized carbons (Fsp3) is 0.370. The first-order valence-corrected chi connectivity index (χ1v) is 11.7. The number of nitrogens with one attached hydrogen (secondary N) is 1. The molecule has 184 valence electrons. The minimum atomic E-state index is -4.51. The number of halogens is 3. The zero-order chi connectivity index (χ0) is 25.2. The Morgan fingerprint density at radius 3 is 2.26 bits per heavy atom. The molecule has 35 heavy (non-hydrogen) atoms. The van der Waals surface area contributed by atoms with Crippen LogP contribution in [0.1, 0.15) is 72.4 Å². The Labute approximate surface area is 200 Å². The second-order valence-electron chi connectivity index (χ2n) is 9.25. The van der Waals surface area contributed by atoms with E-state index in [1.807, 2.05) is 18.2 Å². The van der Waals surface area contributed by atoms with Crippen LogP contribution in [-0.4, -0.2) is 15.3 Å². The summed E-state index contributed by atoms with van der Waals surface area (Å²) in [7, 11) is 0. The lowest BCUT2D eigenvalue weighted by molar-refractivity contribution is -0.137. The van der Waals surface area contributed by atoms with Gasteiger partial charge in [0, 0.05) is 17.7 Å². The molecule has 1 saturated carbocycles. The third kappa shape index (κ3) is 5.63. The molecule has 0 atom stereocenters. The van der Waals surface area contributed by atoms with E-state index in [4.69, 9.17) is 0 Å². The van der Waals surface area contributed by atoms with Gasteiger partial charge in [0.25, 0.3) is 5.56 Å². The number of carbonyl (C=O) groups is 1. The summed E-state index contributed by atoms with van der Waals surface area (Å²) in [5.74, 6) is -0.0390. The van der Waals surface area contributed by atoms with Crippen molar-refractivity contribution in [2.24, 2.45) is 0 Å². The molecule has 1 aliphatic rings. The van der Waals surface area contributed by atoms with Gasteiger partial charge >= 0.3 is 11.9 Å². The van der Waals surface area contributed by atoms with Gasteiger partial charge in [-0.3, -0.25) is 19.1 Å². The van der Waals surface area contributed by atoms with Gasteiger partial charge in [-0.2, -0.15) is 13.2 Å². The molecule has 1 N–H and O–H groups in total. The molecule has 2 aromatic carbocycles. The van der Waals surface area contributed by atoms with Crippen LogP contribution in [0.5, 0.6) is 0 Å². The lowest BCUT2D eigenvalue weighted by atomic mass is 9.76. The van der Waals surface area contributed by atoms with Gasteiger partial charge in [0.1, 0.15) is 5.78 Å².